The van der Waals surface area contributed by atoms with E-state index in [2.05, 4.69) is 17.1 Å². The Labute approximate surface area is 84.3 Å². The van der Waals surface area contributed by atoms with Crippen LogP contribution in [0.3, 0.4) is 0 Å². The molecule has 1 aliphatic carbocycles. The summed E-state index contributed by atoms with van der Waals surface area (Å²) >= 11 is 0. The van der Waals surface area contributed by atoms with E-state index < -0.39 is 0 Å². The molecule has 1 heterocycles. The minimum atomic E-state index is 0.271. The molecule has 14 heavy (non-hydrogen) atoms. The van der Waals surface area contributed by atoms with Crippen molar-refractivity contribution in [1.82, 2.24) is 4.98 Å². The van der Waals surface area contributed by atoms with Gasteiger partial charge in [0.1, 0.15) is 0 Å². The first kappa shape index (κ1) is 9.41. The summed E-state index contributed by atoms with van der Waals surface area (Å²) in [4.78, 5) is 4.37. The van der Waals surface area contributed by atoms with Crippen LogP contribution in [0.25, 0.3) is 5.57 Å². The molecule has 1 aromatic rings. The average Bonchev–Trinajstić information content (AvgIpc) is 2.26. The van der Waals surface area contributed by atoms with Crippen molar-refractivity contribution >= 4 is 5.57 Å². The number of aliphatic hydroxyl groups is 1. The molecule has 2 rings (SSSR count). The Balaban J connectivity index is 2.22. The maximum Gasteiger partial charge on any atom is 0.0481 e. The standard InChI is InChI=1S/C12H15NO/c14-9-3-5-10-4-1-7-12-11(10)6-2-8-13-12/h2,4,6,8,14H,1,3,5,7,9H2. The highest BCUT2D eigenvalue weighted by Gasteiger charge is 2.11. The Hall–Kier alpha value is -1.15. The molecule has 74 valence electrons. The third kappa shape index (κ3) is 1.85. The van der Waals surface area contributed by atoms with Gasteiger partial charge in [0.05, 0.1) is 0 Å². The molecule has 0 bridgehead atoms. The van der Waals surface area contributed by atoms with Gasteiger partial charge in [-0.05, 0) is 42.9 Å². The van der Waals surface area contributed by atoms with Crippen molar-refractivity contribution < 1.29 is 5.11 Å². The minimum absolute atomic E-state index is 0.271. The topological polar surface area (TPSA) is 33.1 Å². The van der Waals surface area contributed by atoms with Crippen LogP contribution >= 0.6 is 0 Å². The lowest BCUT2D eigenvalue weighted by Gasteiger charge is -2.16. The maximum atomic E-state index is 8.80. The Morgan fingerprint density at radius 2 is 2.36 bits per heavy atom. The summed E-state index contributed by atoms with van der Waals surface area (Å²) in [6, 6.07) is 4.11. The second-order valence-electron chi connectivity index (χ2n) is 3.59. The van der Waals surface area contributed by atoms with Gasteiger partial charge in [-0.2, -0.15) is 0 Å². The largest absolute Gasteiger partial charge is 0.396 e. The van der Waals surface area contributed by atoms with Crippen molar-refractivity contribution in [2.45, 2.75) is 25.7 Å². The summed E-state index contributed by atoms with van der Waals surface area (Å²) in [6.45, 7) is 0.271. The fourth-order valence-corrected chi connectivity index (χ4v) is 1.93. The van der Waals surface area contributed by atoms with Crippen LogP contribution in [0.1, 0.15) is 30.5 Å². The van der Waals surface area contributed by atoms with Crippen LogP contribution in [0.4, 0.5) is 0 Å². The molecular formula is C12H15NO. The molecule has 0 aromatic carbocycles. The number of fused-ring (bicyclic) bond motifs is 1. The van der Waals surface area contributed by atoms with Gasteiger partial charge in [-0.1, -0.05) is 12.1 Å². The van der Waals surface area contributed by atoms with Crippen LogP contribution in [0.5, 0.6) is 0 Å². The minimum Gasteiger partial charge on any atom is -0.396 e. The summed E-state index contributed by atoms with van der Waals surface area (Å²) < 4.78 is 0. The van der Waals surface area contributed by atoms with Gasteiger partial charge in [-0.3, -0.25) is 4.98 Å². The number of aryl methyl sites for hydroxylation is 1. The Bertz CT molecular complexity index is 344. The third-order valence-electron chi connectivity index (χ3n) is 2.61. The molecule has 2 heteroatoms. The molecule has 1 aromatic heterocycles. The Kier molecular flexibility index (Phi) is 2.94. The molecule has 1 aliphatic rings. The summed E-state index contributed by atoms with van der Waals surface area (Å²) in [5.74, 6) is 0. The van der Waals surface area contributed by atoms with E-state index in [-0.39, 0.29) is 6.61 Å². The van der Waals surface area contributed by atoms with Crippen molar-refractivity contribution in [3.63, 3.8) is 0 Å². The van der Waals surface area contributed by atoms with Gasteiger partial charge in [0, 0.05) is 18.5 Å². The first-order valence-electron chi connectivity index (χ1n) is 5.16. The number of allylic oxidation sites excluding steroid dienone is 2. The van der Waals surface area contributed by atoms with E-state index in [0.717, 1.165) is 25.7 Å². The van der Waals surface area contributed by atoms with Crippen molar-refractivity contribution in [3.8, 4) is 0 Å². The molecule has 0 atom stereocenters. The lowest BCUT2D eigenvalue weighted by atomic mass is 9.92. The summed E-state index contributed by atoms with van der Waals surface area (Å²) in [6.07, 6.45) is 8.09. The van der Waals surface area contributed by atoms with E-state index in [1.165, 1.54) is 16.8 Å². The van der Waals surface area contributed by atoms with Crippen LogP contribution < -0.4 is 0 Å². The van der Waals surface area contributed by atoms with Crippen molar-refractivity contribution in [1.29, 1.82) is 0 Å². The predicted molar refractivity (Wildman–Crippen MR) is 56.9 cm³/mol. The number of hydrogen-bond acceptors (Lipinski definition) is 2. The van der Waals surface area contributed by atoms with Crippen LogP contribution in [0.2, 0.25) is 0 Å². The molecule has 0 unspecified atom stereocenters. The molecule has 1 N–H and O–H groups in total. The highest BCUT2D eigenvalue weighted by molar-refractivity contribution is 5.68. The van der Waals surface area contributed by atoms with Gasteiger partial charge < -0.3 is 5.11 Å². The lowest BCUT2D eigenvalue weighted by molar-refractivity contribution is 0.290. The number of aliphatic hydroxyl groups excluding tert-OH is 1. The smallest absolute Gasteiger partial charge is 0.0481 e. The Morgan fingerprint density at radius 1 is 1.43 bits per heavy atom. The first-order chi connectivity index (χ1) is 6.92. The summed E-state index contributed by atoms with van der Waals surface area (Å²) in [5, 5.41) is 8.80. The number of rotatable bonds is 3. The van der Waals surface area contributed by atoms with E-state index in [4.69, 9.17) is 5.11 Å². The van der Waals surface area contributed by atoms with E-state index in [0.29, 0.717) is 0 Å². The van der Waals surface area contributed by atoms with Gasteiger partial charge in [-0.15, -0.1) is 0 Å². The van der Waals surface area contributed by atoms with Gasteiger partial charge in [0.15, 0.2) is 0 Å². The average molecular weight is 189 g/mol. The zero-order valence-corrected chi connectivity index (χ0v) is 8.24. The number of pyridine rings is 1. The molecule has 0 saturated heterocycles. The first-order valence-corrected chi connectivity index (χ1v) is 5.16. The Morgan fingerprint density at radius 3 is 3.21 bits per heavy atom. The number of aromatic nitrogens is 1. The van der Waals surface area contributed by atoms with E-state index in [1.807, 2.05) is 12.3 Å². The van der Waals surface area contributed by atoms with Crippen LogP contribution in [-0.2, 0) is 6.42 Å². The molecule has 0 radical (unpaired) electrons. The lowest BCUT2D eigenvalue weighted by Crippen LogP contribution is -2.02. The molecule has 0 saturated carbocycles. The third-order valence-corrected chi connectivity index (χ3v) is 2.61. The van der Waals surface area contributed by atoms with Crippen molar-refractivity contribution in [3.05, 3.63) is 35.7 Å². The second-order valence-corrected chi connectivity index (χ2v) is 3.59. The predicted octanol–water partition coefficient (Wildman–Crippen LogP) is 2.18. The van der Waals surface area contributed by atoms with Gasteiger partial charge >= 0.3 is 0 Å². The van der Waals surface area contributed by atoms with Gasteiger partial charge in [-0.25, -0.2) is 0 Å². The van der Waals surface area contributed by atoms with Crippen molar-refractivity contribution in [2.24, 2.45) is 0 Å². The second kappa shape index (κ2) is 4.38. The molecule has 0 aliphatic heterocycles. The SMILES string of the molecule is OCCCC1=CCCc2ncccc21. The van der Waals surface area contributed by atoms with E-state index >= 15 is 0 Å². The van der Waals surface area contributed by atoms with E-state index in [9.17, 15) is 0 Å². The van der Waals surface area contributed by atoms with Crippen LogP contribution in [-0.4, -0.2) is 16.7 Å². The highest BCUT2D eigenvalue weighted by Crippen LogP contribution is 2.27. The molecule has 0 amide bonds. The highest BCUT2D eigenvalue weighted by atomic mass is 16.2. The van der Waals surface area contributed by atoms with Crippen LogP contribution in [0.15, 0.2) is 24.4 Å². The van der Waals surface area contributed by atoms with Gasteiger partial charge in [0.2, 0.25) is 0 Å². The number of nitrogens with zero attached hydrogens (tertiary/aromatic N) is 1. The van der Waals surface area contributed by atoms with Crippen molar-refractivity contribution in [2.75, 3.05) is 6.61 Å². The van der Waals surface area contributed by atoms with Crippen LogP contribution in [0, 0.1) is 0 Å². The zero-order chi connectivity index (χ0) is 9.80. The molecule has 0 fully saturated rings. The normalized spacial score (nSPS) is 14.8. The molecule has 2 nitrogen and oxygen atoms in total. The monoisotopic (exact) mass is 189 g/mol. The molecule has 0 spiro atoms. The van der Waals surface area contributed by atoms with Gasteiger partial charge in [0.25, 0.3) is 0 Å². The number of hydrogen-bond donors (Lipinski definition) is 1. The molecular weight excluding hydrogens is 174 g/mol. The quantitative estimate of drug-likeness (QED) is 0.790. The summed E-state index contributed by atoms with van der Waals surface area (Å²) in [7, 11) is 0. The van der Waals surface area contributed by atoms with E-state index in [1.54, 1.807) is 0 Å². The fraction of sp³-hybridized carbons (Fsp3) is 0.417. The zero-order valence-electron chi connectivity index (χ0n) is 8.24. The fourth-order valence-electron chi connectivity index (χ4n) is 1.93. The summed E-state index contributed by atoms with van der Waals surface area (Å²) in [5.41, 5.74) is 3.85. The maximum absolute atomic E-state index is 8.80.